The van der Waals surface area contributed by atoms with Crippen LogP contribution in [0, 0.1) is 16.0 Å². The lowest BCUT2D eigenvalue weighted by molar-refractivity contribution is -0.387. The van der Waals surface area contributed by atoms with Crippen LogP contribution in [0.1, 0.15) is 20.8 Å². The number of carbonyl (C=O) groups is 4. The monoisotopic (exact) mass is 593 g/mol. The van der Waals surface area contributed by atoms with Crippen molar-refractivity contribution in [2.75, 3.05) is 5.33 Å². The summed E-state index contributed by atoms with van der Waals surface area (Å²) in [6, 6.07) is 2.79. The van der Waals surface area contributed by atoms with Crippen molar-refractivity contribution in [1.29, 1.82) is 0 Å². The van der Waals surface area contributed by atoms with Gasteiger partial charge in [-0.05, 0) is 6.07 Å². The Balaban J connectivity index is 2.55. The van der Waals surface area contributed by atoms with Crippen LogP contribution in [0.5, 0.6) is 0 Å². The molecule has 0 saturated carbocycles. The number of likely N-dealkylation sites (tertiary alicyclic amines) is 1. The Bertz CT molecular complexity index is 1210. The topological polar surface area (TPSA) is 190 Å². The Morgan fingerprint density at radius 2 is 1.91 bits per heavy atom. The standard InChI is InChI=1S/C19H20BrN3O10S2/c1-9(2)19(28)34-17-14(21-35(31,32)13-7-5-4-6-11(13)23(29)30)16(25)22(17)15(18(26)27)12(8-20)33-10(3)24/h4-7,9,14,17,21H,8H2,1-3H3,(H,26,27)/b15-12-. The maximum atomic E-state index is 13.0. The van der Waals surface area contributed by atoms with E-state index in [1.807, 2.05) is 4.72 Å². The number of nitrogens with zero attached hydrogens (tertiary/aromatic N) is 2. The fourth-order valence-electron chi connectivity index (χ4n) is 2.92. The number of alkyl halides is 1. The lowest BCUT2D eigenvalue weighted by Crippen LogP contribution is -2.69. The van der Waals surface area contributed by atoms with Crippen LogP contribution in [-0.4, -0.2) is 63.1 Å². The molecule has 0 aliphatic carbocycles. The van der Waals surface area contributed by atoms with E-state index in [1.165, 1.54) is 12.1 Å². The highest BCUT2D eigenvalue weighted by molar-refractivity contribution is 9.09. The summed E-state index contributed by atoms with van der Waals surface area (Å²) in [6.45, 7) is 4.10. The van der Waals surface area contributed by atoms with Crippen molar-refractivity contribution >= 4 is 66.4 Å². The summed E-state index contributed by atoms with van der Waals surface area (Å²) in [5, 5.41) is 18.8. The third kappa shape index (κ3) is 6.25. The lowest BCUT2D eigenvalue weighted by atomic mass is 10.1. The maximum absolute atomic E-state index is 13.0. The van der Waals surface area contributed by atoms with Gasteiger partial charge in [0.25, 0.3) is 5.69 Å². The summed E-state index contributed by atoms with van der Waals surface area (Å²) >= 11 is 3.48. The van der Waals surface area contributed by atoms with Gasteiger partial charge in [-0.15, -0.1) is 0 Å². The molecule has 1 aliphatic rings. The summed E-state index contributed by atoms with van der Waals surface area (Å²) in [6.07, 6.45) is 0. The number of halogens is 1. The summed E-state index contributed by atoms with van der Waals surface area (Å²) in [4.78, 5) is 59.1. The minimum absolute atomic E-state index is 0.292. The number of nitrogens with one attached hydrogen (secondary N) is 1. The van der Waals surface area contributed by atoms with E-state index >= 15 is 0 Å². The number of β-lactam (4-membered cyclic amide) rings is 1. The third-order valence-corrected chi connectivity index (χ3v) is 7.91. The van der Waals surface area contributed by atoms with Crippen LogP contribution >= 0.6 is 27.7 Å². The van der Waals surface area contributed by atoms with Crippen LogP contribution < -0.4 is 4.72 Å². The van der Waals surface area contributed by atoms with E-state index in [2.05, 4.69) is 15.9 Å². The van der Waals surface area contributed by atoms with Gasteiger partial charge in [0.15, 0.2) is 15.7 Å². The average Bonchev–Trinajstić information content (AvgIpc) is 2.78. The van der Waals surface area contributed by atoms with E-state index in [9.17, 15) is 42.8 Å². The molecule has 1 heterocycles. The second-order valence-electron chi connectivity index (χ2n) is 7.32. The minimum atomic E-state index is -4.65. The Kier molecular flexibility index (Phi) is 9.16. The van der Waals surface area contributed by atoms with Crippen molar-refractivity contribution < 1.29 is 42.4 Å². The number of esters is 1. The number of nitro benzene ring substituents is 1. The van der Waals surface area contributed by atoms with Crippen molar-refractivity contribution in [2.24, 2.45) is 5.92 Å². The number of allylic oxidation sites excluding steroid dienone is 1. The number of sulfonamides is 1. The second-order valence-corrected chi connectivity index (χ2v) is 10.7. The van der Waals surface area contributed by atoms with Gasteiger partial charge in [-0.25, -0.2) is 13.2 Å². The van der Waals surface area contributed by atoms with Gasteiger partial charge in [0.1, 0.15) is 17.2 Å². The smallest absolute Gasteiger partial charge is 0.356 e. The van der Waals surface area contributed by atoms with E-state index in [0.29, 0.717) is 16.7 Å². The third-order valence-electron chi connectivity index (χ3n) is 4.48. The number of para-hydroxylation sites is 1. The van der Waals surface area contributed by atoms with E-state index in [0.717, 1.165) is 19.1 Å². The average molecular weight is 594 g/mol. The predicted molar refractivity (Wildman–Crippen MR) is 125 cm³/mol. The Hall–Kier alpha value is -2.82. The van der Waals surface area contributed by atoms with E-state index in [4.69, 9.17) is 4.74 Å². The molecular formula is C19H20BrN3O10S2. The summed E-state index contributed by atoms with van der Waals surface area (Å²) in [5.74, 6) is -4.62. The molecule has 16 heteroatoms. The van der Waals surface area contributed by atoms with E-state index < -0.39 is 77.3 Å². The van der Waals surface area contributed by atoms with Crippen molar-refractivity contribution in [1.82, 2.24) is 9.62 Å². The second kappa shape index (κ2) is 11.3. The molecule has 1 fully saturated rings. The summed E-state index contributed by atoms with van der Waals surface area (Å²) < 4.78 is 32.8. The van der Waals surface area contributed by atoms with Crippen molar-refractivity contribution in [3.05, 3.63) is 45.8 Å². The zero-order valence-corrected chi connectivity index (χ0v) is 21.7. The molecule has 35 heavy (non-hydrogen) atoms. The summed E-state index contributed by atoms with van der Waals surface area (Å²) in [7, 11) is -4.65. The van der Waals surface area contributed by atoms with Gasteiger partial charge in [-0.1, -0.05) is 53.7 Å². The number of amides is 1. The first-order valence-corrected chi connectivity index (χ1v) is 13.2. The van der Waals surface area contributed by atoms with Crippen LogP contribution in [0.2, 0.25) is 0 Å². The predicted octanol–water partition coefficient (Wildman–Crippen LogP) is 1.58. The molecule has 0 bridgehead atoms. The van der Waals surface area contributed by atoms with Crippen LogP contribution in [0.25, 0.3) is 0 Å². The molecule has 190 valence electrons. The number of nitro groups is 1. The Morgan fingerprint density at radius 1 is 1.31 bits per heavy atom. The highest BCUT2D eigenvalue weighted by atomic mass is 79.9. The molecule has 2 rings (SSSR count). The normalized spacial score (nSPS) is 18.5. The lowest BCUT2D eigenvalue weighted by Gasteiger charge is -2.46. The first kappa shape index (κ1) is 28.4. The fourth-order valence-corrected chi connectivity index (χ4v) is 5.90. The van der Waals surface area contributed by atoms with Crippen LogP contribution in [-0.2, 0) is 33.9 Å². The van der Waals surface area contributed by atoms with Gasteiger partial charge >= 0.3 is 11.9 Å². The highest BCUT2D eigenvalue weighted by Gasteiger charge is 2.55. The molecule has 2 atom stereocenters. The number of ether oxygens (including phenoxy) is 1. The fraction of sp³-hybridized carbons (Fsp3) is 0.368. The molecule has 0 aromatic heterocycles. The number of aliphatic carboxylic acids is 1. The SMILES string of the molecule is CC(=O)O/C(CBr)=C(/C(=O)O)N1C(=O)C(NS(=O)(=O)c2ccccc2[N+](=O)[O-])C1SC(=O)C(C)C. The van der Waals surface area contributed by atoms with Crippen molar-refractivity contribution in [2.45, 2.75) is 37.1 Å². The van der Waals surface area contributed by atoms with Crippen molar-refractivity contribution in [3.8, 4) is 0 Å². The molecule has 0 spiro atoms. The Morgan fingerprint density at radius 3 is 2.40 bits per heavy atom. The first-order valence-electron chi connectivity index (χ1n) is 9.73. The molecule has 1 aliphatic heterocycles. The number of carboxylic acid groups (broad SMARTS) is 1. The molecule has 2 unspecified atom stereocenters. The molecule has 1 amide bonds. The summed E-state index contributed by atoms with van der Waals surface area (Å²) in [5.41, 5.74) is -1.51. The highest BCUT2D eigenvalue weighted by Crippen LogP contribution is 2.38. The number of carboxylic acids is 1. The Labute approximate surface area is 212 Å². The molecule has 0 radical (unpaired) electrons. The quantitative estimate of drug-likeness (QED) is 0.0761. The van der Waals surface area contributed by atoms with Gasteiger partial charge in [0.05, 0.1) is 10.3 Å². The number of thioether (sulfide) groups is 1. The zero-order valence-electron chi connectivity index (χ0n) is 18.5. The number of hydrogen-bond acceptors (Lipinski definition) is 10. The molecule has 2 N–H and O–H groups in total. The number of carbonyl (C=O) groups excluding carboxylic acids is 3. The molecular weight excluding hydrogens is 574 g/mol. The van der Waals surface area contributed by atoms with Crippen LogP contribution in [0.4, 0.5) is 5.69 Å². The van der Waals surface area contributed by atoms with E-state index in [-0.39, 0.29) is 5.33 Å². The van der Waals surface area contributed by atoms with Gasteiger partial charge in [0.2, 0.25) is 15.9 Å². The van der Waals surface area contributed by atoms with E-state index in [1.54, 1.807) is 13.8 Å². The first-order chi connectivity index (χ1) is 16.2. The number of benzene rings is 1. The largest absolute Gasteiger partial charge is 0.476 e. The maximum Gasteiger partial charge on any atom is 0.356 e. The van der Waals surface area contributed by atoms with Gasteiger partial charge in [0, 0.05) is 18.9 Å². The molecule has 13 nitrogen and oxygen atoms in total. The molecule has 1 aromatic rings. The minimum Gasteiger partial charge on any atom is -0.476 e. The van der Waals surface area contributed by atoms with Crippen molar-refractivity contribution in [3.63, 3.8) is 0 Å². The van der Waals surface area contributed by atoms with Crippen LogP contribution in [0.3, 0.4) is 0 Å². The van der Waals surface area contributed by atoms with Gasteiger partial charge in [-0.3, -0.25) is 29.4 Å². The zero-order chi connectivity index (χ0) is 26.7. The molecule has 1 aromatic carbocycles. The molecule has 1 saturated heterocycles. The van der Waals surface area contributed by atoms with Gasteiger partial charge < -0.3 is 9.84 Å². The number of rotatable bonds is 10. The van der Waals surface area contributed by atoms with Crippen LogP contribution in [0.15, 0.2) is 40.6 Å². The number of hydrogen-bond donors (Lipinski definition) is 2. The van der Waals surface area contributed by atoms with Gasteiger partial charge in [-0.2, -0.15) is 4.72 Å².